The summed E-state index contributed by atoms with van der Waals surface area (Å²) >= 11 is 0. The van der Waals surface area contributed by atoms with Crippen LogP contribution in [0, 0.1) is 0 Å². The van der Waals surface area contributed by atoms with E-state index in [1.165, 1.54) is 22.3 Å². The largest absolute Gasteiger partial charge is 0.339 e. The molecule has 2 aliphatic rings. The van der Waals surface area contributed by atoms with E-state index in [0.29, 0.717) is 0 Å². The number of likely N-dealkylation sites (tertiary alicyclic amines) is 1. The van der Waals surface area contributed by atoms with Crippen LogP contribution in [0.4, 0.5) is 0 Å². The van der Waals surface area contributed by atoms with Crippen LogP contribution in [0.3, 0.4) is 0 Å². The molecule has 33 heavy (non-hydrogen) atoms. The quantitative estimate of drug-likeness (QED) is 0.496. The Hall–Kier alpha value is -2.13. The van der Waals surface area contributed by atoms with Gasteiger partial charge in [-0.15, -0.1) is 0 Å². The topological polar surface area (TPSA) is 23.6 Å². The second-order valence-electron chi connectivity index (χ2n) is 9.86. The van der Waals surface area contributed by atoms with Crippen LogP contribution < -0.4 is 0 Å². The maximum absolute atomic E-state index is 12.1. The van der Waals surface area contributed by atoms with Crippen LogP contribution >= 0.6 is 0 Å². The van der Waals surface area contributed by atoms with Gasteiger partial charge in [0, 0.05) is 24.9 Å². The molecule has 3 heteroatoms. The molecule has 0 radical (unpaired) electrons. The normalized spacial score (nSPS) is 16.5. The van der Waals surface area contributed by atoms with E-state index in [1.54, 1.807) is 6.92 Å². The summed E-state index contributed by atoms with van der Waals surface area (Å²) in [5.41, 5.74) is 5.56. The number of benzene rings is 2. The maximum atomic E-state index is 12.1. The molecule has 3 nitrogen and oxygen atoms in total. The van der Waals surface area contributed by atoms with Gasteiger partial charge >= 0.3 is 0 Å². The molecule has 1 fully saturated rings. The third kappa shape index (κ3) is 4.37. The maximum Gasteiger partial charge on any atom is 0.219 e. The highest BCUT2D eigenvalue weighted by Gasteiger charge is 2.50. The number of carbonyl (C=O) groups is 1. The summed E-state index contributed by atoms with van der Waals surface area (Å²) in [7, 11) is 1.93. The number of likely N-dealkylation sites (N-methyl/N-ethyl adjacent to an activating group) is 1. The molecule has 1 spiro atoms. The molecule has 1 aliphatic carbocycles. The number of amides is 1. The molecule has 1 heterocycles. The van der Waals surface area contributed by atoms with Gasteiger partial charge in [0.05, 0.1) is 5.54 Å². The second kappa shape index (κ2) is 10.4. The minimum atomic E-state index is -0.255. The zero-order chi connectivity index (χ0) is 25.0. The van der Waals surface area contributed by atoms with Crippen LogP contribution in [0.2, 0.25) is 0 Å². The fourth-order valence-corrected chi connectivity index (χ4v) is 5.59. The predicted molar refractivity (Wildman–Crippen MR) is 143 cm³/mol. The van der Waals surface area contributed by atoms with E-state index in [-0.39, 0.29) is 22.4 Å². The van der Waals surface area contributed by atoms with Crippen molar-refractivity contribution >= 4 is 5.91 Å². The first-order valence-corrected chi connectivity index (χ1v) is 12.8. The van der Waals surface area contributed by atoms with E-state index in [1.807, 2.05) is 39.6 Å². The standard InChI is InChI=1S/C26H34N2O.2C2H6/c1-19(29)27(6)24(2,3)25(4,5)28-17-15-26(16-18-28)22-13-9-7-11-20(22)21-12-8-10-14-23(21)26;2*1-2/h7-14H,15-18H2,1-6H3;2*1-2H3. The molecule has 0 atom stereocenters. The summed E-state index contributed by atoms with van der Waals surface area (Å²) in [6.07, 6.45) is 2.23. The van der Waals surface area contributed by atoms with Crippen molar-refractivity contribution in [1.29, 1.82) is 0 Å². The summed E-state index contributed by atoms with van der Waals surface area (Å²) in [6.45, 7) is 20.7. The first kappa shape index (κ1) is 27.1. The number of carbonyl (C=O) groups excluding carboxylic acids is 1. The lowest BCUT2D eigenvalue weighted by Crippen LogP contribution is -2.67. The Balaban J connectivity index is 0.000000914. The van der Waals surface area contributed by atoms with Crippen molar-refractivity contribution in [3.8, 4) is 11.1 Å². The van der Waals surface area contributed by atoms with Crippen molar-refractivity contribution in [3.63, 3.8) is 0 Å². The summed E-state index contributed by atoms with van der Waals surface area (Å²) in [6, 6.07) is 17.9. The molecule has 2 aromatic carbocycles. The molecule has 2 aromatic rings. The van der Waals surface area contributed by atoms with Crippen LogP contribution in [-0.4, -0.2) is 46.9 Å². The second-order valence-corrected chi connectivity index (χ2v) is 9.86. The van der Waals surface area contributed by atoms with Gasteiger partial charge < -0.3 is 4.90 Å². The van der Waals surface area contributed by atoms with Gasteiger partial charge in [-0.05, 0) is 75.9 Å². The van der Waals surface area contributed by atoms with Crippen molar-refractivity contribution < 1.29 is 4.79 Å². The number of rotatable bonds is 3. The number of fused-ring (bicyclic) bond motifs is 5. The van der Waals surface area contributed by atoms with E-state index in [2.05, 4.69) is 81.1 Å². The Bertz CT molecular complexity index is 888. The van der Waals surface area contributed by atoms with Crippen LogP contribution in [0.15, 0.2) is 48.5 Å². The summed E-state index contributed by atoms with van der Waals surface area (Å²) < 4.78 is 0. The molecule has 1 amide bonds. The minimum absolute atomic E-state index is 0.118. The third-order valence-electron chi connectivity index (χ3n) is 8.39. The summed E-state index contributed by atoms with van der Waals surface area (Å²) in [4.78, 5) is 16.6. The van der Waals surface area contributed by atoms with Gasteiger partial charge in [-0.2, -0.15) is 0 Å². The van der Waals surface area contributed by atoms with Crippen molar-refractivity contribution in [1.82, 2.24) is 9.80 Å². The molecule has 0 saturated carbocycles. The van der Waals surface area contributed by atoms with E-state index < -0.39 is 0 Å². The van der Waals surface area contributed by atoms with E-state index in [4.69, 9.17) is 0 Å². The van der Waals surface area contributed by atoms with Crippen LogP contribution in [-0.2, 0) is 10.2 Å². The lowest BCUT2D eigenvalue weighted by molar-refractivity contribution is -0.138. The van der Waals surface area contributed by atoms with Crippen molar-refractivity contribution in [2.75, 3.05) is 20.1 Å². The fourth-order valence-electron chi connectivity index (χ4n) is 5.59. The van der Waals surface area contributed by atoms with Gasteiger partial charge in [-0.1, -0.05) is 76.2 Å². The zero-order valence-corrected chi connectivity index (χ0v) is 22.7. The molecule has 0 aromatic heterocycles. The van der Waals surface area contributed by atoms with Gasteiger partial charge in [0.1, 0.15) is 0 Å². The number of hydrogen-bond acceptors (Lipinski definition) is 2. The minimum Gasteiger partial charge on any atom is -0.339 e. The molecular formula is C30H46N2O. The number of nitrogens with zero attached hydrogens (tertiary/aromatic N) is 2. The third-order valence-corrected chi connectivity index (χ3v) is 8.39. The molecule has 4 rings (SSSR count). The average molecular weight is 451 g/mol. The van der Waals surface area contributed by atoms with Crippen LogP contribution in [0.1, 0.15) is 86.3 Å². The lowest BCUT2D eigenvalue weighted by Gasteiger charge is -2.56. The zero-order valence-electron chi connectivity index (χ0n) is 22.7. The Morgan fingerprint density at radius 3 is 1.61 bits per heavy atom. The smallest absolute Gasteiger partial charge is 0.219 e. The molecule has 0 N–H and O–H groups in total. The lowest BCUT2D eigenvalue weighted by atomic mass is 9.69. The van der Waals surface area contributed by atoms with Crippen molar-refractivity contribution in [3.05, 3.63) is 59.7 Å². The van der Waals surface area contributed by atoms with Crippen LogP contribution in [0.5, 0.6) is 0 Å². The SMILES string of the molecule is CC.CC.CC(=O)N(C)C(C)(C)C(C)(C)N1CCC2(CC1)c1ccccc1-c1ccccc12. The summed E-state index contributed by atoms with van der Waals surface area (Å²) in [5.74, 6) is 0.121. The average Bonchev–Trinajstić information content (AvgIpc) is 3.11. The van der Waals surface area contributed by atoms with E-state index in [9.17, 15) is 4.79 Å². The highest BCUT2D eigenvalue weighted by atomic mass is 16.2. The van der Waals surface area contributed by atoms with Gasteiger partial charge in [-0.25, -0.2) is 0 Å². The van der Waals surface area contributed by atoms with Crippen LogP contribution in [0.25, 0.3) is 11.1 Å². The first-order valence-electron chi connectivity index (χ1n) is 12.8. The molecule has 0 bridgehead atoms. The van der Waals surface area contributed by atoms with E-state index >= 15 is 0 Å². The van der Waals surface area contributed by atoms with Gasteiger partial charge in [-0.3, -0.25) is 9.69 Å². The van der Waals surface area contributed by atoms with Crippen molar-refractivity contribution in [2.45, 2.75) is 91.6 Å². The molecule has 0 unspecified atom stereocenters. The monoisotopic (exact) mass is 450 g/mol. The molecule has 1 saturated heterocycles. The van der Waals surface area contributed by atoms with Gasteiger partial charge in [0.15, 0.2) is 0 Å². The molecular weight excluding hydrogens is 404 g/mol. The van der Waals surface area contributed by atoms with Gasteiger partial charge in [0.25, 0.3) is 0 Å². The Morgan fingerprint density at radius 2 is 1.21 bits per heavy atom. The number of hydrogen-bond donors (Lipinski definition) is 0. The van der Waals surface area contributed by atoms with E-state index in [0.717, 1.165) is 25.9 Å². The highest BCUT2D eigenvalue weighted by Crippen LogP contribution is 2.54. The Labute approximate surface area is 203 Å². The first-order chi connectivity index (χ1) is 15.6. The predicted octanol–water partition coefficient (Wildman–Crippen LogP) is 7.14. The number of piperidine rings is 1. The molecule has 182 valence electrons. The fraction of sp³-hybridized carbons (Fsp3) is 0.567. The highest BCUT2D eigenvalue weighted by molar-refractivity contribution is 5.81. The molecule has 1 aliphatic heterocycles. The van der Waals surface area contributed by atoms with Crippen molar-refractivity contribution in [2.24, 2.45) is 0 Å². The summed E-state index contributed by atoms with van der Waals surface area (Å²) in [5, 5.41) is 0. The Kier molecular flexibility index (Phi) is 8.57. The Morgan fingerprint density at radius 1 is 0.818 bits per heavy atom. The van der Waals surface area contributed by atoms with Gasteiger partial charge in [0.2, 0.25) is 5.91 Å².